The lowest BCUT2D eigenvalue weighted by Gasteiger charge is -2.25. The van der Waals surface area contributed by atoms with Gasteiger partial charge < -0.3 is 29.2 Å². The second-order valence-corrected chi connectivity index (χ2v) is 6.08. The fourth-order valence-electron chi connectivity index (χ4n) is 2.89. The highest BCUT2D eigenvalue weighted by Crippen LogP contribution is 2.40. The van der Waals surface area contributed by atoms with Gasteiger partial charge in [-0.05, 0) is 19.4 Å². The van der Waals surface area contributed by atoms with Gasteiger partial charge in [0.1, 0.15) is 24.4 Å². The summed E-state index contributed by atoms with van der Waals surface area (Å²) in [5, 5.41) is 19.1. The standard InChI is InChI=1S/C16H22O6/c1-16(2)21-13-12(11(18)8-17)20-15(14(13)22-16)19-9-10-6-4-3-5-7-10/h3-7,11-15,17-18H,8-9H2,1-2H3/t11-,12-,13-,14-,15+/m1/s1. The van der Waals surface area contributed by atoms with E-state index in [-0.39, 0.29) is 0 Å². The first-order valence-corrected chi connectivity index (χ1v) is 7.46. The van der Waals surface area contributed by atoms with E-state index >= 15 is 0 Å². The summed E-state index contributed by atoms with van der Waals surface area (Å²) in [4.78, 5) is 0. The highest BCUT2D eigenvalue weighted by atomic mass is 16.8. The Morgan fingerprint density at radius 3 is 2.55 bits per heavy atom. The molecule has 0 spiro atoms. The van der Waals surface area contributed by atoms with Crippen molar-refractivity contribution in [2.45, 2.75) is 56.9 Å². The number of rotatable bonds is 5. The monoisotopic (exact) mass is 310 g/mol. The van der Waals surface area contributed by atoms with Crippen LogP contribution in [0, 0.1) is 0 Å². The van der Waals surface area contributed by atoms with Crippen molar-refractivity contribution in [1.29, 1.82) is 0 Å². The zero-order valence-electron chi connectivity index (χ0n) is 12.7. The molecule has 6 heteroatoms. The van der Waals surface area contributed by atoms with Crippen LogP contribution in [0.3, 0.4) is 0 Å². The number of hydrogen-bond acceptors (Lipinski definition) is 6. The summed E-state index contributed by atoms with van der Waals surface area (Å²) in [5.41, 5.74) is 1.02. The molecule has 5 atom stereocenters. The van der Waals surface area contributed by atoms with Crippen LogP contribution in [-0.2, 0) is 25.6 Å². The summed E-state index contributed by atoms with van der Waals surface area (Å²) >= 11 is 0. The van der Waals surface area contributed by atoms with Crippen LogP contribution in [0.2, 0.25) is 0 Å². The van der Waals surface area contributed by atoms with Gasteiger partial charge in [-0.3, -0.25) is 0 Å². The van der Waals surface area contributed by atoms with Crippen molar-refractivity contribution < 1.29 is 29.2 Å². The summed E-state index contributed by atoms with van der Waals surface area (Å²) in [6.45, 7) is 3.59. The molecule has 1 aromatic carbocycles. The van der Waals surface area contributed by atoms with Crippen molar-refractivity contribution in [2.24, 2.45) is 0 Å². The number of aliphatic hydroxyl groups excluding tert-OH is 2. The lowest BCUT2D eigenvalue weighted by molar-refractivity contribution is -0.247. The molecule has 0 aromatic heterocycles. The third-order valence-electron chi connectivity index (χ3n) is 3.87. The molecular formula is C16H22O6. The Kier molecular flexibility index (Phi) is 4.49. The number of fused-ring (bicyclic) bond motifs is 1. The molecule has 2 aliphatic heterocycles. The molecule has 0 saturated carbocycles. The van der Waals surface area contributed by atoms with Gasteiger partial charge in [0.15, 0.2) is 12.1 Å². The van der Waals surface area contributed by atoms with Crippen molar-refractivity contribution in [3.8, 4) is 0 Å². The molecule has 0 bridgehead atoms. The van der Waals surface area contributed by atoms with Crippen LogP contribution in [-0.4, -0.2) is 53.3 Å². The van der Waals surface area contributed by atoms with Gasteiger partial charge >= 0.3 is 0 Å². The van der Waals surface area contributed by atoms with Gasteiger partial charge in [0, 0.05) is 0 Å². The van der Waals surface area contributed by atoms with Gasteiger partial charge in [-0.2, -0.15) is 0 Å². The number of benzene rings is 1. The SMILES string of the molecule is CC1(C)O[C@H]2[C@@H](O1)[C@@H](OCc1ccccc1)O[C@@H]2[C@H](O)CO. The first kappa shape index (κ1) is 15.9. The van der Waals surface area contributed by atoms with E-state index in [1.807, 2.05) is 44.2 Å². The van der Waals surface area contributed by atoms with Crippen molar-refractivity contribution in [3.63, 3.8) is 0 Å². The highest BCUT2D eigenvalue weighted by molar-refractivity contribution is 5.13. The molecule has 0 amide bonds. The molecule has 3 rings (SSSR count). The molecule has 2 aliphatic rings. The average Bonchev–Trinajstić information content (AvgIpc) is 2.99. The molecule has 2 saturated heterocycles. The highest BCUT2D eigenvalue weighted by Gasteiger charge is 2.57. The second-order valence-electron chi connectivity index (χ2n) is 6.08. The van der Waals surface area contributed by atoms with Gasteiger partial charge in [0.25, 0.3) is 0 Å². The van der Waals surface area contributed by atoms with Crippen molar-refractivity contribution in [3.05, 3.63) is 35.9 Å². The Hall–Kier alpha value is -1.02. The minimum Gasteiger partial charge on any atom is -0.394 e. The van der Waals surface area contributed by atoms with Crippen LogP contribution in [0.25, 0.3) is 0 Å². The molecule has 1 aromatic rings. The first-order valence-electron chi connectivity index (χ1n) is 7.46. The van der Waals surface area contributed by atoms with Crippen LogP contribution >= 0.6 is 0 Å². The summed E-state index contributed by atoms with van der Waals surface area (Å²) in [5.74, 6) is -0.763. The molecule has 0 aliphatic carbocycles. The smallest absolute Gasteiger partial charge is 0.187 e. The molecule has 0 radical (unpaired) electrons. The largest absolute Gasteiger partial charge is 0.394 e. The van der Waals surface area contributed by atoms with E-state index in [1.165, 1.54) is 0 Å². The third-order valence-corrected chi connectivity index (χ3v) is 3.87. The minimum absolute atomic E-state index is 0.375. The van der Waals surface area contributed by atoms with Gasteiger partial charge in [-0.1, -0.05) is 30.3 Å². The number of hydrogen-bond donors (Lipinski definition) is 2. The maximum Gasteiger partial charge on any atom is 0.187 e. The normalized spacial score (nSPS) is 34.5. The van der Waals surface area contributed by atoms with Crippen molar-refractivity contribution >= 4 is 0 Å². The van der Waals surface area contributed by atoms with Crippen LogP contribution in [0.5, 0.6) is 0 Å². The Balaban J connectivity index is 1.69. The topological polar surface area (TPSA) is 77.4 Å². The molecule has 2 heterocycles. The Morgan fingerprint density at radius 2 is 1.86 bits per heavy atom. The Labute approximate surface area is 129 Å². The summed E-state index contributed by atoms with van der Waals surface area (Å²) < 4.78 is 23.1. The molecule has 2 N–H and O–H groups in total. The maximum atomic E-state index is 9.91. The van der Waals surface area contributed by atoms with Crippen LogP contribution in [0.4, 0.5) is 0 Å². The van der Waals surface area contributed by atoms with Gasteiger partial charge in [-0.25, -0.2) is 0 Å². The Bertz CT molecular complexity index is 491. The fourth-order valence-corrected chi connectivity index (χ4v) is 2.89. The molecule has 122 valence electrons. The van der Waals surface area contributed by atoms with Gasteiger partial charge in [-0.15, -0.1) is 0 Å². The molecule has 2 fully saturated rings. The molecule has 6 nitrogen and oxygen atoms in total. The van der Waals surface area contributed by atoms with Gasteiger partial charge in [0.2, 0.25) is 0 Å². The van der Waals surface area contributed by atoms with E-state index in [0.717, 1.165) is 5.56 Å². The molecular weight excluding hydrogens is 288 g/mol. The third kappa shape index (κ3) is 3.17. The quantitative estimate of drug-likeness (QED) is 0.838. The van der Waals surface area contributed by atoms with Crippen molar-refractivity contribution in [1.82, 2.24) is 0 Å². The van der Waals surface area contributed by atoms with Gasteiger partial charge in [0.05, 0.1) is 13.2 Å². The maximum absolute atomic E-state index is 9.91. The summed E-state index contributed by atoms with van der Waals surface area (Å²) in [6, 6.07) is 9.74. The predicted molar refractivity (Wildman–Crippen MR) is 76.8 cm³/mol. The van der Waals surface area contributed by atoms with E-state index in [0.29, 0.717) is 6.61 Å². The van der Waals surface area contributed by atoms with E-state index in [4.69, 9.17) is 18.9 Å². The van der Waals surface area contributed by atoms with E-state index in [9.17, 15) is 10.2 Å². The van der Waals surface area contributed by atoms with E-state index in [1.54, 1.807) is 0 Å². The zero-order chi connectivity index (χ0) is 15.7. The number of aliphatic hydroxyl groups is 2. The van der Waals surface area contributed by atoms with Crippen molar-refractivity contribution in [2.75, 3.05) is 6.61 Å². The van der Waals surface area contributed by atoms with E-state index < -0.39 is 43.1 Å². The fraction of sp³-hybridized carbons (Fsp3) is 0.625. The van der Waals surface area contributed by atoms with Crippen LogP contribution in [0.1, 0.15) is 19.4 Å². The lowest BCUT2D eigenvalue weighted by Crippen LogP contribution is -2.40. The summed E-state index contributed by atoms with van der Waals surface area (Å²) in [6.07, 6.45) is -3.23. The predicted octanol–water partition coefficient (Wildman–Crippen LogP) is 0.801. The number of ether oxygens (including phenoxy) is 4. The average molecular weight is 310 g/mol. The second kappa shape index (κ2) is 6.23. The van der Waals surface area contributed by atoms with Crippen LogP contribution in [0.15, 0.2) is 30.3 Å². The molecule has 0 unspecified atom stereocenters. The van der Waals surface area contributed by atoms with Crippen LogP contribution < -0.4 is 0 Å². The lowest BCUT2D eigenvalue weighted by atomic mass is 10.1. The zero-order valence-corrected chi connectivity index (χ0v) is 12.7. The minimum atomic E-state index is -1.03. The van der Waals surface area contributed by atoms with E-state index in [2.05, 4.69) is 0 Å². The first-order chi connectivity index (χ1) is 10.5. The Morgan fingerprint density at radius 1 is 1.18 bits per heavy atom. The molecule has 22 heavy (non-hydrogen) atoms. The summed E-state index contributed by atoms with van der Waals surface area (Å²) in [7, 11) is 0.